The van der Waals surface area contributed by atoms with Gasteiger partial charge < -0.3 is 4.74 Å². The molecule has 0 aromatic heterocycles. The number of esters is 1. The van der Waals surface area contributed by atoms with Gasteiger partial charge in [-0.15, -0.1) is 0 Å². The second-order valence-electron chi connectivity index (χ2n) is 4.66. The molecule has 0 amide bonds. The van der Waals surface area contributed by atoms with Crippen molar-refractivity contribution < 1.29 is 9.53 Å². The first-order valence-electron chi connectivity index (χ1n) is 4.68. The Morgan fingerprint density at radius 3 is 2.46 bits per heavy atom. The second kappa shape index (κ2) is 3.91. The third-order valence-electron chi connectivity index (χ3n) is 2.26. The quantitative estimate of drug-likeness (QED) is 0.611. The average molecular weight is 202 g/mol. The van der Waals surface area contributed by atoms with Crippen LogP contribution in [0, 0.1) is 5.41 Å². The topological polar surface area (TPSA) is 26.3 Å². The lowest BCUT2D eigenvalue weighted by Crippen LogP contribution is -2.23. The molecular weight excluding hydrogens is 184 g/mol. The predicted molar refractivity (Wildman–Crippen MR) is 55.9 cm³/mol. The summed E-state index contributed by atoms with van der Waals surface area (Å²) >= 11 is 1.92. The van der Waals surface area contributed by atoms with Crippen LogP contribution in [0.3, 0.4) is 0 Å². The molecule has 0 aromatic rings. The molecule has 2 atom stereocenters. The largest absolute Gasteiger partial charge is 0.462 e. The van der Waals surface area contributed by atoms with Crippen molar-refractivity contribution in [2.75, 3.05) is 5.75 Å². The molecule has 0 spiro atoms. The molecule has 1 fully saturated rings. The monoisotopic (exact) mass is 202 g/mol. The van der Waals surface area contributed by atoms with E-state index >= 15 is 0 Å². The van der Waals surface area contributed by atoms with Crippen molar-refractivity contribution in [2.24, 2.45) is 5.41 Å². The highest BCUT2D eigenvalue weighted by Gasteiger charge is 2.34. The van der Waals surface area contributed by atoms with Crippen LogP contribution >= 0.6 is 11.8 Å². The van der Waals surface area contributed by atoms with E-state index in [0.717, 1.165) is 12.2 Å². The van der Waals surface area contributed by atoms with E-state index in [0.29, 0.717) is 10.7 Å². The van der Waals surface area contributed by atoms with Crippen LogP contribution < -0.4 is 0 Å². The van der Waals surface area contributed by atoms with Gasteiger partial charge in [0.05, 0.1) is 0 Å². The van der Waals surface area contributed by atoms with Crippen LogP contribution in [0.15, 0.2) is 0 Å². The summed E-state index contributed by atoms with van der Waals surface area (Å²) in [5.74, 6) is 0.807. The Labute approximate surface area is 84.4 Å². The number of hydrogen-bond acceptors (Lipinski definition) is 3. The predicted octanol–water partition coefficient (Wildman–Crippen LogP) is 2.47. The Kier molecular flexibility index (Phi) is 3.28. The molecule has 13 heavy (non-hydrogen) atoms. The van der Waals surface area contributed by atoms with Gasteiger partial charge in [-0.2, -0.15) is 11.8 Å². The third kappa shape index (κ3) is 3.22. The number of ether oxygens (including phenoxy) is 1. The van der Waals surface area contributed by atoms with Gasteiger partial charge in [-0.25, -0.2) is 0 Å². The molecule has 76 valence electrons. The van der Waals surface area contributed by atoms with Crippen LogP contribution in [0.25, 0.3) is 0 Å². The summed E-state index contributed by atoms with van der Waals surface area (Å²) in [6.45, 7) is 8.19. The molecule has 0 saturated carbocycles. The number of hydrogen-bond donors (Lipinski definition) is 0. The standard InChI is InChI=1S/C10H18O2S/c1-7(11)12-8-5-9(13-6-8)10(2,3)4/h8-9H,5-6H2,1-4H3/t8-,9-/m0/s1. The van der Waals surface area contributed by atoms with Crippen LogP contribution in [0.4, 0.5) is 0 Å². The van der Waals surface area contributed by atoms with E-state index in [1.54, 1.807) is 0 Å². The Balaban J connectivity index is 2.41. The minimum Gasteiger partial charge on any atom is -0.462 e. The highest BCUT2D eigenvalue weighted by Crippen LogP contribution is 2.40. The maximum absolute atomic E-state index is 10.7. The maximum atomic E-state index is 10.7. The molecule has 0 aliphatic carbocycles. The highest BCUT2D eigenvalue weighted by atomic mass is 32.2. The summed E-state index contributed by atoms with van der Waals surface area (Å²) in [5.41, 5.74) is 0.319. The zero-order valence-corrected chi connectivity index (χ0v) is 9.61. The number of rotatable bonds is 1. The van der Waals surface area contributed by atoms with E-state index in [4.69, 9.17) is 4.74 Å². The normalized spacial score (nSPS) is 28.9. The molecule has 3 heteroatoms. The van der Waals surface area contributed by atoms with Gasteiger partial charge in [0.15, 0.2) is 0 Å². The van der Waals surface area contributed by atoms with Crippen LogP contribution in [0.2, 0.25) is 0 Å². The summed E-state index contributed by atoms with van der Waals surface area (Å²) in [5, 5.41) is 0.622. The first kappa shape index (κ1) is 10.9. The van der Waals surface area contributed by atoms with Gasteiger partial charge in [-0.1, -0.05) is 20.8 Å². The molecule has 1 saturated heterocycles. The summed E-state index contributed by atoms with van der Waals surface area (Å²) in [7, 11) is 0. The van der Waals surface area contributed by atoms with Crippen molar-refractivity contribution in [1.29, 1.82) is 0 Å². The fourth-order valence-electron chi connectivity index (χ4n) is 1.52. The van der Waals surface area contributed by atoms with Crippen molar-refractivity contribution >= 4 is 17.7 Å². The minimum absolute atomic E-state index is 0.145. The lowest BCUT2D eigenvalue weighted by Gasteiger charge is -2.25. The summed E-state index contributed by atoms with van der Waals surface area (Å²) in [6.07, 6.45) is 1.15. The van der Waals surface area contributed by atoms with E-state index in [1.165, 1.54) is 6.92 Å². The number of carbonyl (C=O) groups excluding carboxylic acids is 1. The summed E-state index contributed by atoms with van der Waals surface area (Å²) in [6, 6.07) is 0. The van der Waals surface area contributed by atoms with Gasteiger partial charge in [-0.3, -0.25) is 4.79 Å². The van der Waals surface area contributed by atoms with Crippen molar-refractivity contribution in [3.63, 3.8) is 0 Å². The Hall–Kier alpha value is -0.180. The lowest BCUT2D eigenvalue weighted by atomic mass is 9.89. The van der Waals surface area contributed by atoms with Gasteiger partial charge in [0.25, 0.3) is 0 Å². The van der Waals surface area contributed by atoms with Crippen molar-refractivity contribution in [3.05, 3.63) is 0 Å². The zero-order valence-electron chi connectivity index (χ0n) is 8.79. The van der Waals surface area contributed by atoms with Crippen molar-refractivity contribution in [2.45, 2.75) is 45.5 Å². The third-order valence-corrected chi connectivity index (χ3v) is 4.12. The summed E-state index contributed by atoms with van der Waals surface area (Å²) in [4.78, 5) is 10.7. The Bertz CT molecular complexity index is 196. The molecule has 1 heterocycles. The molecule has 0 radical (unpaired) electrons. The van der Waals surface area contributed by atoms with Crippen LogP contribution in [0.1, 0.15) is 34.1 Å². The van der Waals surface area contributed by atoms with Gasteiger partial charge in [0.1, 0.15) is 6.10 Å². The summed E-state index contributed by atoms with van der Waals surface area (Å²) < 4.78 is 5.18. The first-order chi connectivity index (χ1) is 5.89. The molecule has 0 N–H and O–H groups in total. The molecular formula is C10H18O2S. The Morgan fingerprint density at radius 2 is 2.08 bits per heavy atom. The molecule has 0 unspecified atom stereocenters. The van der Waals surface area contributed by atoms with Crippen LogP contribution in [-0.4, -0.2) is 23.1 Å². The van der Waals surface area contributed by atoms with E-state index in [1.807, 2.05) is 11.8 Å². The minimum atomic E-state index is -0.153. The molecule has 0 bridgehead atoms. The van der Waals surface area contributed by atoms with E-state index in [2.05, 4.69) is 20.8 Å². The number of carbonyl (C=O) groups is 1. The smallest absolute Gasteiger partial charge is 0.302 e. The molecule has 1 aliphatic rings. The van der Waals surface area contributed by atoms with E-state index in [9.17, 15) is 4.79 Å². The molecule has 2 nitrogen and oxygen atoms in total. The average Bonchev–Trinajstić information content (AvgIpc) is 2.32. The van der Waals surface area contributed by atoms with Crippen LogP contribution in [0.5, 0.6) is 0 Å². The second-order valence-corrected chi connectivity index (χ2v) is 5.89. The van der Waals surface area contributed by atoms with Gasteiger partial charge >= 0.3 is 5.97 Å². The zero-order chi connectivity index (χ0) is 10.1. The van der Waals surface area contributed by atoms with Crippen molar-refractivity contribution in [1.82, 2.24) is 0 Å². The Morgan fingerprint density at radius 1 is 1.46 bits per heavy atom. The van der Waals surface area contributed by atoms with Gasteiger partial charge in [0.2, 0.25) is 0 Å². The van der Waals surface area contributed by atoms with Crippen LogP contribution in [-0.2, 0) is 9.53 Å². The number of thioether (sulfide) groups is 1. The van der Waals surface area contributed by atoms with Gasteiger partial charge in [0, 0.05) is 17.9 Å². The highest BCUT2D eigenvalue weighted by molar-refractivity contribution is 8.00. The molecule has 1 rings (SSSR count). The lowest BCUT2D eigenvalue weighted by molar-refractivity contribution is -0.145. The fraction of sp³-hybridized carbons (Fsp3) is 0.900. The van der Waals surface area contributed by atoms with Crippen molar-refractivity contribution in [3.8, 4) is 0 Å². The van der Waals surface area contributed by atoms with E-state index < -0.39 is 0 Å². The molecule has 1 aliphatic heterocycles. The van der Waals surface area contributed by atoms with E-state index in [-0.39, 0.29) is 12.1 Å². The first-order valence-corrected chi connectivity index (χ1v) is 5.73. The molecule has 0 aromatic carbocycles. The maximum Gasteiger partial charge on any atom is 0.302 e. The SMILES string of the molecule is CC(=O)O[C@@H]1CS[C@H](C(C)(C)C)C1. The fourth-order valence-corrected chi connectivity index (χ4v) is 3.02. The van der Waals surface area contributed by atoms with Gasteiger partial charge in [-0.05, 0) is 11.8 Å².